The van der Waals surface area contributed by atoms with E-state index in [4.69, 9.17) is 10.5 Å². The molecule has 4 heteroatoms. The molecule has 1 atom stereocenters. The molecule has 4 nitrogen and oxygen atoms in total. The van der Waals surface area contributed by atoms with E-state index in [1.165, 1.54) is 0 Å². The van der Waals surface area contributed by atoms with Crippen molar-refractivity contribution in [2.75, 3.05) is 0 Å². The van der Waals surface area contributed by atoms with E-state index in [0.29, 0.717) is 0 Å². The number of hydrogen-bond acceptors (Lipinski definition) is 3. The first-order valence-electron chi connectivity index (χ1n) is 5.09. The number of nitrogens with two attached hydrogens (primary N) is 1. The number of ether oxygens (including phenoxy) is 1. The van der Waals surface area contributed by atoms with Crippen LogP contribution >= 0.6 is 0 Å². The van der Waals surface area contributed by atoms with E-state index in [2.05, 4.69) is 4.99 Å². The second kappa shape index (κ2) is 3.33. The number of nitrogens with zero attached hydrogens (tertiary/aromatic N) is 1. The summed E-state index contributed by atoms with van der Waals surface area (Å²) in [5.74, 6) is -0.348. The number of amides is 1. The van der Waals surface area contributed by atoms with Gasteiger partial charge in [-0.2, -0.15) is 4.99 Å². The van der Waals surface area contributed by atoms with Crippen molar-refractivity contribution >= 4 is 11.9 Å². The Morgan fingerprint density at radius 2 is 2.06 bits per heavy atom. The Labute approximate surface area is 94.1 Å². The molecule has 0 spiro atoms. The highest BCUT2D eigenvalue weighted by atomic mass is 16.5. The molecule has 0 saturated carbocycles. The second-order valence-electron chi connectivity index (χ2n) is 4.21. The minimum Gasteiger partial charge on any atom is -0.444 e. The lowest BCUT2D eigenvalue weighted by Crippen LogP contribution is -2.32. The van der Waals surface area contributed by atoms with Crippen LogP contribution in [0.3, 0.4) is 0 Å². The van der Waals surface area contributed by atoms with Gasteiger partial charge in [-0.05, 0) is 26.3 Å². The predicted octanol–water partition coefficient (Wildman–Crippen LogP) is 1.39. The fourth-order valence-electron chi connectivity index (χ4n) is 1.90. The van der Waals surface area contributed by atoms with E-state index in [1.54, 1.807) is 6.92 Å². The third-order valence-corrected chi connectivity index (χ3v) is 2.84. The van der Waals surface area contributed by atoms with Crippen molar-refractivity contribution in [2.24, 2.45) is 10.7 Å². The molecular weight excluding hydrogens is 204 g/mol. The summed E-state index contributed by atoms with van der Waals surface area (Å²) in [5.41, 5.74) is 7.25. The Bertz CT molecular complexity index is 494. The number of rotatable bonds is 1. The van der Waals surface area contributed by atoms with Gasteiger partial charge >= 0.3 is 0 Å². The normalized spacial score (nSPS) is 24.2. The summed E-state index contributed by atoms with van der Waals surface area (Å²) >= 11 is 0. The summed E-state index contributed by atoms with van der Waals surface area (Å²) in [7, 11) is 0. The van der Waals surface area contributed by atoms with Crippen LogP contribution in [0, 0.1) is 13.8 Å². The molecule has 1 aliphatic rings. The first-order chi connectivity index (χ1) is 7.43. The molecular formula is C12H14N2O2. The van der Waals surface area contributed by atoms with Crippen molar-refractivity contribution < 1.29 is 9.53 Å². The zero-order valence-corrected chi connectivity index (χ0v) is 9.57. The van der Waals surface area contributed by atoms with Gasteiger partial charge in [-0.15, -0.1) is 0 Å². The molecule has 1 amide bonds. The molecule has 1 unspecified atom stereocenters. The standard InChI is InChI=1S/C12H14N2O2/c1-7-4-5-8(2)9(6-7)12(3)10(15)14-11(13)16-12/h4-6H,1-3H3,(H2,13,14,15). The number of aryl methyl sites for hydroxylation is 2. The Morgan fingerprint density at radius 1 is 1.38 bits per heavy atom. The summed E-state index contributed by atoms with van der Waals surface area (Å²) in [6.45, 7) is 5.60. The number of carbonyl (C=O) groups excluding carboxylic acids is 1. The van der Waals surface area contributed by atoms with E-state index in [-0.39, 0.29) is 11.9 Å². The lowest BCUT2D eigenvalue weighted by molar-refractivity contribution is -0.130. The summed E-state index contributed by atoms with van der Waals surface area (Å²) in [5, 5.41) is 0. The highest BCUT2D eigenvalue weighted by Gasteiger charge is 2.44. The minimum absolute atomic E-state index is 0.0617. The lowest BCUT2D eigenvalue weighted by Gasteiger charge is -2.23. The van der Waals surface area contributed by atoms with Gasteiger partial charge in [0.1, 0.15) is 0 Å². The summed E-state index contributed by atoms with van der Waals surface area (Å²) in [6.07, 6.45) is 0. The molecule has 0 saturated heterocycles. The molecule has 0 aliphatic carbocycles. The average Bonchev–Trinajstić information content (AvgIpc) is 2.46. The zero-order valence-electron chi connectivity index (χ0n) is 9.57. The molecule has 2 N–H and O–H groups in total. The van der Waals surface area contributed by atoms with Crippen molar-refractivity contribution in [2.45, 2.75) is 26.4 Å². The molecule has 0 aromatic heterocycles. The molecule has 1 heterocycles. The van der Waals surface area contributed by atoms with Crippen LogP contribution in [0.4, 0.5) is 0 Å². The Hall–Kier alpha value is -1.84. The first kappa shape index (κ1) is 10.7. The Kier molecular flexibility index (Phi) is 2.22. The number of hydrogen-bond donors (Lipinski definition) is 1. The van der Waals surface area contributed by atoms with Crippen molar-refractivity contribution in [3.63, 3.8) is 0 Å². The SMILES string of the molecule is Cc1ccc(C)c(C2(C)OC(N)=NC2=O)c1. The van der Waals surface area contributed by atoms with Crippen molar-refractivity contribution in [1.82, 2.24) is 0 Å². The average molecular weight is 218 g/mol. The highest BCUT2D eigenvalue weighted by molar-refractivity contribution is 6.01. The van der Waals surface area contributed by atoms with Gasteiger partial charge in [0.05, 0.1) is 0 Å². The largest absolute Gasteiger partial charge is 0.444 e. The fourth-order valence-corrected chi connectivity index (χ4v) is 1.90. The van der Waals surface area contributed by atoms with Crippen LogP contribution in [-0.4, -0.2) is 11.9 Å². The molecule has 84 valence electrons. The van der Waals surface area contributed by atoms with E-state index in [9.17, 15) is 4.79 Å². The molecule has 2 rings (SSSR count). The van der Waals surface area contributed by atoms with Crippen molar-refractivity contribution in [3.8, 4) is 0 Å². The van der Waals surface area contributed by atoms with E-state index in [0.717, 1.165) is 16.7 Å². The lowest BCUT2D eigenvalue weighted by atomic mass is 9.90. The zero-order chi connectivity index (χ0) is 11.9. The van der Waals surface area contributed by atoms with Crippen LogP contribution in [0.25, 0.3) is 0 Å². The van der Waals surface area contributed by atoms with Gasteiger partial charge in [0.2, 0.25) is 5.60 Å². The number of carbonyl (C=O) groups is 1. The maximum absolute atomic E-state index is 11.8. The van der Waals surface area contributed by atoms with Crippen LogP contribution in [0.1, 0.15) is 23.6 Å². The van der Waals surface area contributed by atoms with E-state index in [1.807, 2.05) is 32.0 Å². The summed E-state index contributed by atoms with van der Waals surface area (Å²) in [4.78, 5) is 15.4. The second-order valence-corrected chi connectivity index (χ2v) is 4.21. The summed E-state index contributed by atoms with van der Waals surface area (Å²) in [6, 6.07) is 5.82. The monoisotopic (exact) mass is 218 g/mol. The van der Waals surface area contributed by atoms with Gasteiger partial charge in [0.25, 0.3) is 11.9 Å². The molecule has 1 aromatic rings. The number of aliphatic imine (C=N–C) groups is 1. The third-order valence-electron chi connectivity index (χ3n) is 2.84. The minimum atomic E-state index is -1.07. The van der Waals surface area contributed by atoms with E-state index >= 15 is 0 Å². The van der Waals surface area contributed by atoms with Crippen LogP contribution in [0.5, 0.6) is 0 Å². The number of benzene rings is 1. The fraction of sp³-hybridized carbons (Fsp3) is 0.333. The van der Waals surface area contributed by atoms with Crippen molar-refractivity contribution in [3.05, 3.63) is 34.9 Å². The van der Waals surface area contributed by atoms with Gasteiger partial charge in [0.15, 0.2) is 0 Å². The quantitative estimate of drug-likeness (QED) is 0.774. The van der Waals surface area contributed by atoms with Crippen molar-refractivity contribution in [1.29, 1.82) is 0 Å². The maximum atomic E-state index is 11.8. The number of amidine groups is 1. The highest BCUT2D eigenvalue weighted by Crippen LogP contribution is 2.33. The van der Waals surface area contributed by atoms with Gasteiger partial charge in [-0.3, -0.25) is 4.79 Å². The van der Waals surface area contributed by atoms with Gasteiger partial charge in [-0.1, -0.05) is 23.8 Å². The molecule has 16 heavy (non-hydrogen) atoms. The van der Waals surface area contributed by atoms with E-state index < -0.39 is 5.60 Å². The van der Waals surface area contributed by atoms with Gasteiger partial charge < -0.3 is 10.5 Å². The molecule has 1 aliphatic heterocycles. The van der Waals surface area contributed by atoms with Crippen LogP contribution < -0.4 is 5.73 Å². The molecule has 0 radical (unpaired) electrons. The van der Waals surface area contributed by atoms with Crippen LogP contribution in [-0.2, 0) is 15.1 Å². The smallest absolute Gasteiger partial charge is 0.298 e. The molecule has 1 aromatic carbocycles. The maximum Gasteiger partial charge on any atom is 0.298 e. The molecule has 0 fully saturated rings. The Morgan fingerprint density at radius 3 is 2.62 bits per heavy atom. The third kappa shape index (κ3) is 1.46. The van der Waals surface area contributed by atoms with Gasteiger partial charge in [0, 0.05) is 5.56 Å². The van der Waals surface area contributed by atoms with Crippen LogP contribution in [0.15, 0.2) is 23.2 Å². The topological polar surface area (TPSA) is 64.7 Å². The predicted molar refractivity (Wildman–Crippen MR) is 61.0 cm³/mol. The Balaban J connectivity index is 2.53. The van der Waals surface area contributed by atoms with Gasteiger partial charge in [-0.25, -0.2) is 0 Å². The molecule has 0 bridgehead atoms. The summed E-state index contributed by atoms with van der Waals surface area (Å²) < 4.78 is 5.36. The first-order valence-corrected chi connectivity index (χ1v) is 5.09. The van der Waals surface area contributed by atoms with Crippen LogP contribution in [0.2, 0.25) is 0 Å².